The van der Waals surface area contributed by atoms with Crippen LogP contribution in [0.1, 0.15) is 32.5 Å². The molecule has 1 fully saturated rings. The van der Waals surface area contributed by atoms with E-state index in [1.807, 2.05) is 12.4 Å². The Balaban J connectivity index is 1.64. The molecule has 2 heterocycles. The molecule has 0 amide bonds. The molecule has 1 aromatic heterocycles. The van der Waals surface area contributed by atoms with Crippen LogP contribution < -0.4 is 0 Å². The minimum atomic E-state index is 0.234. The molecule has 3 rings (SSSR count). The van der Waals surface area contributed by atoms with Gasteiger partial charge in [0.1, 0.15) is 11.6 Å². The predicted octanol–water partition coefficient (Wildman–Crippen LogP) is 1.95. The van der Waals surface area contributed by atoms with Crippen LogP contribution >= 0.6 is 0 Å². The molecule has 1 aliphatic heterocycles. The van der Waals surface area contributed by atoms with E-state index in [9.17, 15) is 4.79 Å². The first-order valence-electron chi connectivity index (χ1n) is 7.38. The van der Waals surface area contributed by atoms with Gasteiger partial charge in [0.05, 0.1) is 6.54 Å². The monoisotopic (exact) mass is 261 g/mol. The van der Waals surface area contributed by atoms with E-state index in [2.05, 4.69) is 28.3 Å². The van der Waals surface area contributed by atoms with Gasteiger partial charge in [-0.1, -0.05) is 13.8 Å². The van der Waals surface area contributed by atoms with E-state index in [1.54, 1.807) is 0 Å². The van der Waals surface area contributed by atoms with Crippen molar-refractivity contribution in [2.75, 3.05) is 13.1 Å². The molecule has 0 N–H and O–H groups in total. The number of imidazole rings is 1. The number of carbonyl (C=O) groups excluding carboxylic acids is 1. The van der Waals surface area contributed by atoms with Gasteiger partial charge in [0, 0.05) is 44.4 Å². The van der Waals surface area contributed by atoms with Gasteiger partial charge in [-0.2, -0.15) is 0 Å². The second-order valence-corrected chi connectivity index (χ2v) is 6.37. The summed E-state index contributed by atoms with van der Waals surface area (Å²) in [6.07, 6.45) is 5.88. The average molecular weight is 261 g/mol. The molecule has 3 unspecified atom stereocenters. The summed E-state index contributed by atoms with van der Waals surface area (Å²) < 4.78 is 2.21. The van der Waals surface area contributed by atoms with Crippen molar-refractivity contribution in [2.45, 2.75) is 39.8 Å². The average Bonchev–Trinajstić information content (AvgIpc) is 2.81. The third kappa shape index (κ3) is 2.59. The molecule has 0 bridgehead atoms. The van der Waals surface area contributed by atoms with Crippen LogP contribution in [-0.2, 0) is 17.9 Å². The Morgan fingerprint density at radius 2 is 2.21 bits per heavy atom. The second kappa shape index (κ2) is 5.08. The van der Waals surface area contributed by atoms with Crippen LogP contribution in [0.15, 0.2) is 12.4 Å². The zero-order chi connectivity index (χ0) is 13.4. The quantitative estimate of drug-likeness (QED) is 0.816. The number of rotatable bonds is 2. The third-order valence-electron chi connectivity index (χ3n) is 4.70. The number of fused-ring (bicyclic) bond motifs is 1. The summed E-state index contributed by atoms with van der Waals surface area (Å²) in [6.45, 7) is 8.28. The van der Waals surface area contributed by atoms with Crippen LogP contribution in [0.4, 0.5) is 0 Å². The van der Waals surface area contributed by atoms with Gasteiger partial charge in [-0.05, 0) is 18.3 Å². The SMILES string of the molecule is CC1CC(=O)C(CN2CCn3ccnc3C2)C(C)C1. The highest BCUT2D eigenvalue weighted by molar-refractivity contribution is 5.82. The van der Waals surface area contributed by atoms with Crippen LogP contribution in [0, 0.1) is 17.8 Å². The number of aromatic nitrogens is 2. The lowest BCUT2D eigenvalue weighted by molar-refractivity contribution is -0.128. The predicted molar refractivity (Wildman–Crippen MR) is 73.6 cm³/mol. The molecular formula is C15H23N3O. The first-order valence-corrected chi connectivity index (χ1v) is 7.38. The highest BCUT2D eigenvalue weighted by Gasteiger charge is 2.34. The summed E-state index contributed by atoms with van der Waals surface area (Å²) in [4.78, 5) is 19.0. The topological polar surface area (TPSA) is 38.1 Å². The molecule has 2 aliphatic rings. The maximum Gasteiger partial charge on any atom is 0.137 e. The van der Waals surface area contributed by atoms with Crippen molar-refractivity contribution in [3.63, 3.8) is 0 Å². The van der Waals surface area contributed by atoms with Crippen LogP contribution in [0.25, 0.3) is 0 Å². The van der Waals surface area contributed by atoms with Gasteiger partial charge in [0.25, 0.3) is 0 Å². The van der Waals surface area contributed by atoms with Crippen molar-refractivity contribution < 1.29 is 4.79 Å². The van der Waals surface area contributed by atoms with Gasteiger partial charge in [-0.25, -0.2) is 4.98 Å². The van der Waals surface area contributed by atoms with E-state index in [0.29, 0.717) is 17.6 Å². The Bertz CT molecular complexity index is 468. The highest BCUT2D eigenvalue weighted by Crippen LogP contribution is 2.32. The minimum absolute atomic E-state index is 0.234. The lowest BCUT2D eigenvalue weighted by Gasteiger charge is -2.36. The van der Waals surface area contributed by atoms with Gasteiger partial charge in [0.15, 0.2) is 0 Å². The maximum atomic E-state index is 12.2. The first kappa shape index (κ1) is 12.9. The molecule has 19 heavy (non-hydrogen) atoms. The maximum absolute atomic E-state index is 12.2. The minimum Gasteiger partial charge on any atom is -0.333 e. The Morgan fingerprint density at radius 1 is 1.37 bits per heavy atom. The van der Waals surface area contributed by atoms with Crippen LogP contribution in [0.5, 0.6) is 0 Å². The molecule has 0 saturated heterocycles. The summed E-state index contributed by atoms with van der Waals surface area (Å²) in [6, 6.07) is 0. The molecular weight excluding hydrogens is 238 g/mol. The highest BCUT2D eigenvalue weighted by atomic mass is 16.1. The number of hydrogen-bond donors (Lipinski definition) is 0. The molecule has 0 aromatic carbocycles. The Hall–Kier alpha value is -1.16. The van der Waals surface area contributed by atoms with Crippen LogP contribution in [-0.4, -0.2) is 33.3 Å². The number of hydrogen-bond acceptors (Lipinski definition) is 3. The van der Waals surface area contributed by atoms with Crippen LogP contribution in [0.3, 0.4) is 0 Å². The lowest BCUT2D eigenvalue weighted by Crippen LogP contribution is -2.43. The van der Waals surface area contributed by atoms with E-state index in [0.717, 1.165) is 38.4 Å². The van der Waals surface area contributed by atoms with Crippen molar-refractivity contribution >= 4 is 5.78 Å². The van der Waals surface area contributed by atoms with Gasteiger partial charge < -0.3 is 4.57 Å². The van der Waals surface area contributed by atoms with E-state index in [1.165, 1.54) is 6.42 Å². The van der Waals surface area contributed by atoms with Gasteiger partial charge in [0.2, 0.25) is 0 Å². The molecule has 1 aliphatic carbocycles. The smallest absolute Gasteiger partial charge is 0.137 e. The second-order valence-electron chi connectivity index (χ2n) is 6.37. The van der Waals surface area contributed by atoms with E-state index in [-0.39, 0.29) is 5.92 Å². The molecule has 3 atom stereocenters. The fraction of sp³-hybridized carbons (Fsp3) is 0.733. The number of carbonyl (C=O) groups is 1. The van der Waals surface area contributed by atoms with E-state index in [4.69, 9.17) is 0 Å². The van der Waals surface area contributed by atoms with Crippen molar-refractivity contribution in [3.05, 3.63) is 18.2 Å². The standard InChI is InChI=1S/C15H23N3O/c1-11-7-12(2)13(14(19)8-11)9-17-5-6-18-4-3-16-15(18)10-17/h3-4,11-13H,5-10H2,1-2H3. The largest absolute Gasteiger partial charge is 0.333 e. The third-order valence-corrected chi connectivity index (χ3v) is 4.70. The summed E-state index contributed by atoms with van der Waals surface area (Å²) in [7, 11) is 0. The Kier molecular flexibility index (Phi) is 3.44. The van der Waals surface area contributed by atoms with E-state index < -0.39 is 0 Å². The Labute approximate surface area is 114 Å². The zero-order valence-electron chi connectivity index (χ0n) is 11.9. The van der Waals surface area contributed by atoms with Crippen molar-refractivity contribution in [1.82, 2.24) is 14.5 Å². The van der Waals surface area contributed by atoms with Crippen molar-refractivity contribution in [1.29, 1.82) is 0 Å². The first-order chi connectivity index (χ1) is 9.13. The molecule has 104 valence electrons. The molecule has 1 saturated carbocycles. The fourth-order valence-electron chi connectivity index (χ4n) is 3.63. The molecule has 4 heteroatoms. The number of nitrogens with zero attached hydrogens (tertiary/aromatic N) is 3. The number of Topliss-reactive ketones (excluding diaryl/α,β-unsaturated/α-hetero) is 1. The van der Waals surface area contributed by atoms with E-state index >= 15 is 0 Å². The van der Waals surface area contributed by atoms with Crippen molar-refractivity contribution in [2.24, 2.45) is 17.8 Å². The molecule has 1 aromatic rings. The summed E-state index contributed by atoms with van der Waals surface area (Å²) in [5.74, 6) is 2.94. The van der Waals surface area contributed by atoms with Crippen molar-refractivity contribution in [3.8, 4) is 0 Å². The molecule has 0 radical (unpaired) electrons. The normalized spacial score (nSPS) is 32.3. The summed E-state index contributed by atoms with van der Waals surface area (Å²) in [5, 5.41) is 0. The lowest BCUT2D eigenvalue weighted by atomic mass is 9.74. The molecule has 0 spiro atoms. The van der Waals surface area contributed by atoms with Gasteiger partial charge in [-0.3, -0.25) is 9.69 Å². The van der Waals surface area contributed by atoms with Gasteiger partial charge in [-0.15, -0.1) is 0 Å². The molecule has 4 nitrogen and oxygen atoms in total. The Morgan fingerprint density at radius 3 is 3.00 bits per heavy atom. The number of ketones is 1. The summed E-state index contributed by atoms with van der Waals surface area (Å²) in [5.41, 5.74) is 0. The summed E-state index contributed by atoms with van der Waals surface area (Å²) >= 11 is 0. The fourth-order valence-corrected chi connectivity index (χ4v) is 3.63. The zero-order valence-corrected chi connectivity index (χ0v) is 11.9. The van der Waals surface area contributed by atoms with Crippen LogP contribution in [0.2, 0.25) is 0 Å². The van der Waals surface area contributed by atoms with Gasteiger partial charge >= 0.3 is 0 Å².